The standard InChI is InChI=1S/C20H18N4O2/c1-23-11-15(17-4-2-3-5-18(17)23)8-20(25)24-12-16(13-24)26-19-7-6-14(9-21)10-22-19/h2-7,10-11,16H,8,12-13H2,1H3. The Morgan fingerprint density at radius 1 is 1.31 bits per heavy atom. The molecule has 1 amide bonds. The van der Waals surface area contributed by atoms with Crippen molar-refractivity contribution in [3.05, 3.63) is 59.9 Å². The molecular weight excluding hydrogens is 328 g/mol. The molecule has 1 aromatic carbocycles. The summed E-state index contributed by atoms with van der Waals surface area (Å²) in [6, 6.07) is 13.5. The molecule has 2 aromatic heterocycles. The van der Waals surface area contributed by atoms with Crippen LogP contribution >= 0.6 is 0 Å². The second-order valence-corrected chi connectivity index (χ2v) is 6.49. The summed E-state index contributed by atoms with van der Waals surface area (Å²) >= 11 is 0. The minimum Gasteiger partial charge on any atom is -0.471 e. The van der Waals surface area contributed by atoms with Gasteiger partial charge in [-0.2, -0.15) is 5.26 Å². The molecule has 0 radical (unpaired) electrons. The van der Waals surface area contributed by atoms with Crippen molar-refractivity contribution in [2.75, 3.05) is 13.1 Å². The van der Waals surface area contributed by atoms with Gasteiger partial charge in [-0.25, -0.2) is 4.98 Å². The van der Waals surface area contributed by atoms with E-state index in [1.54, 1.807) is 17.0 Å². The first kappa shape index (κ1) is 16.2. The number of hydrogen-bond acceptors (Lipinski definition) is 4. The van der Waals surface area contributed by atoms with Crippen molar-refractivity contribution < 1.29 is 9.53 Å². The quantitative estimate of drug-likeness (QED) is 0.727. The fourth-order valence-electron chi connectivity index (χ4n) is 3.24. The van der Waals surface area contributed by atoms with Gasteiger partial charge in [-0.05, 0) is 17.7 Å². The second-order valence-electron chi connectivity index (χ2n) is 6.49. The van der Waals surface area contributed by atoms with Crippen LogP contribution < -0.4 is 4.74 Å². The number of aromatic nitrogens is 2. The molecule has 6 heteroatoms. The van der Waals surface area contributed by atoms with Crippen molar-refractivity contribution in [2.24, 2.45) is 7.05 Å². The first-order valence-corrected chi connectivity index (χ1v) is 8.47. The zero-order chi connectivity index (χ0) is 18.1. The van der Waals surface area contributed by atoms with Gasteiger partial charge in [0.1, 0.15) is 12.2 Å². The maximum Gasteiger partial charge on any atom is 0.227 e. The maximum absolute atomic E-state index is 12.5. The summed E-state index contributed by atoms with van der Waals surface area (Å²) < 4.78 is 7.79. The minimum atomic E-state index is -0.0492. The zero-order valence-electron chi connectivity index (χ0n) is 14.4. The van der Waals surface area contributed by atoms with E-state index >= 15 is 0 Å². The lowest BCUT2D eigenvalue weighted by Gasteiger charge is -2.38. The molecule has 4 rings (SSSR count). The Kier molecular flexibility index (Phi) is 4.05. The van der Waals surface area contributed by atoms with Gasteiger partial charge in [-0.15, -0.1) is 0 Å². The molecule has 1 saturated heterocycles. The van der Waals surface area contributed by atoms with Crippen LogP contribution in [0.4, 0.5) is 0 Å². The minimum absolute atomic E-state index is 0.0492. The van der Waals surface area contributed by atoms with E-state index in [0.29, 0.717) is 31.0 Å². The third kappa shape index (κ3) is 3.00. The third-order valence-corrected chi connectivity index (χ3v) is 4.67. The van der Waals surface area contributed by atoms with Crippen molar-refractivity contribution in [3.63, 3.8) is 0 Å². The van der Waals surface area contributed by atoms with Crippen LogP contribution in [0.3, 0.4) is 0 Å². The molecule has 0 unspecified atom stereocenters. The lowest BCUT2D eigenvalue weighted by molar-refractivity contribution is -0.139. The first-order valence-electron chi connectivity index (χ1n) is 8.47. The highest BCUT2D eigenvalue weighted by Gasteiger charge is 2.32. The van der Waals surface area contributed by atoms with E-state index in [0.717, 1.165) is 16.5 Å². The molecule has 0 bridgehead atoms. The summed E-state index contributed by atoms with van der Waals surface area (Å²) in [4.78, 5) is 18.4. The number of likely N-dealkylation sites (tertiary alicyclic amines) is 1. The maximum atomic E-state index is 12.5. The number of nitriles is 1. The van der Waals surface area contributed by atoms with Gasteiger partial charge in [0.15, 0.2) is 0 Å². The molecular formula is C20H18N4O2. The predicted molar refractivity (Wildman–Crippen MR) is 96.6 cm³/mol. The van der Waals surface area contributed by atoms with E-state index in [1.165, 1.54) is 6.20 Å². The molecule has 0 spiro atoms. The Hall–Kier alpha value is -3.33. The van der Waals surface area contributed by atoms with Crippen LogP contribution in [0.2, 0.25) is 0 Å². The van der Waals surface area contributed by atoms with Crippen molar-refractivity contribution in [3.8, 4) is 11.9 Å². The molecule has 0 aliphatic carbocycles. The monoisotopic (exact) mass is 346 g/mol. The number of rotatable bonds is 4. The van der Waals surface area contributed by atoms with Crippen molar-refractivity contribution in [1.82, 2.24) is 14.5 Å². The molecule has 1 aliphatic rings. The molecule has 130 valence electrons. The Morgan fingerprint density at radius 2 is 2.12 bits per heavy atom. The summed E-state index contributed by atoms with van der Waals surface area (Å²) in [5, 5.41) is 9.90. The number of hydrogen-bond donors (Lipinski definition) is 0. The Balaban J connectivity index is 1.35. The highest BCUT2D eigenvalue weighted by molar-refractivity contribution is 5.89. The van der Waals surface area contributed by atoms with Crippen molar-refractivity contribution in [1.29, 1.82) is 5.26 Å². The first-order chi connectivity index (χ1) is 12.6. The molecule has 1 aliphatic heterocycles. The number of fused-ring (bicyclic) bond motifs is 1. The average Bonchev–Trinajstić information content (AvgIpc) is 2.94. The molecule has 3 heterocycles. The SMILES string of the molecule is Cn1cc(CC(=O)N2CC(Oc3ccc(C#N)cn3)C2)c2ccccc21. The van der Waals surface area contributed by atoms with E-state index in [-0.39, 0.29) is 12.0 Å². The van der Waals surface area contributed by atoms with Crippen molar-refractivity contribution in [2.45, 2.75) is 12.5 Å². The van der Waals surface area contributed by atoms with E-state index in [2.05, 4.69) is 21.7 Å². The van der Waals surface area contributed by atoms with E-state index in [1.807, 2.05) is 31.4 Å². The van der Waals surface area contributed by atoms with Crippen LogP contribution in [0.5, 0.6) is 5.88 Å². The van der Waals surface area contributed by atoms with Gasteiger partial charge in [-0.3, -0.25) is 4.79 Å². The summed E-state index contributed by atoms with van der Waals surface area (Å²) in [6.07, 6.45) is 3.85. The van der Waals surface area contributed by atoms with E-state index in [9.17, 15) is 4.79 Å². The second kappa shape index (κ2) is 6.52. The van der Waals surface area contributed by atoms with Gasteiger partial charge in [0.2, 0.25) is 11.8 Å². The summed E-state index contributed by atoms with van der Waals surface area (Å²) in [6.45, 7) is 1.12. The Labute approximate surface area is 151 Å². The van der Waals surface area contributed by atoms with Crippen LogP contribution in [0, 0.1) is 11.3 Å². The normalized spacial score (nSPS) is 14.1. The fraction of sp³-hybridized carbons (Fsp3) is 0.250. The highest BCUT2D eigenvalue weighted by atomic mass is 16.5. The third-order valence-electron chi connectivity index (χ3n) is 4.67. The molecule has 1 fully saturated rings. The largest absolute Gasteiger partial charge is 0.471 e. The molecule has 26 heavy (non-hydrogen) atoms. The van der Waals surface area contributed by atoms with Gasteiger partial charge >= 0.3 is 0 Å². The molecule has 0 saturated carbocycles. The van der Waals surface area contributed by atoms with Crippen molar-refractivity contribution >= 4 is 16.8 Å². The number of pyridine rings is 1. The molecule has 6 nitrogen and oxygen atoms in total. The number of benzene rings is 1. The van der Waals surface area contributed by atoms with Gasteiger partial charge < -0.3 is 14.2 Å². The van der Waals surface area contributed by atoms with Gasteiger partial charge in [-0.1, -0.05) is 18.2 Å². The Bertz CT molecular complexity index is 995. The van der Waals surface area contributed by atoms with E-state index < -0.39 is 0 Å². The zero-order valence-corrected chi connectivity index (χ0v) is 14.4. The number of nitrogens with zero attached hydrogens (tertiary/aromatic N) is 4. The number of para-hydroxylation sites is 1. The van der Waals surface area contributed by atoms with Crippen LogP contribution in [0.25, 0.3) is 10.9 Å². The number of aryl methyl sites for hydroxylation is 1. The summed E-state index contributed by atoms with van der Waals surface area (Å²) in [5.41, 5.74) is 2.68. The van der Waals surface area contributed by atoms with Gasteiger partial charge in [0, 0.05) is 36.4 Å². The number of amides is 1. The average molecular weight is 346 g/mol. The molecule has 3 aromatic rings. The molecule has 0 atom stereocenters. The van der Waals surface area contributed by atoms with Crippen LogP contribution in [-0.4, -0.2) is 39.6 Å². The highest BCUT2D eigenvalue weighted by Crippen LogP contribution is 2.23. The van der Waals surface area contributed by atoms with Crippen LogP contribution in [0.1, 0.15) is 11.1 Å². The number of ether oxygens (including phenoxy) is 1. The summed E-state index contributed by atoms with van der Waals surface area (Å²) in [7, 11) is 1.99. The topological polar surface area (TPSA) is 71.2 Å². The van der Waals surface area contributed by atoms with Crippen LogP contribution in [0.15, 0.2) is 48.8 Å². The van der Waals surface area contributed by atoms with Crippen LogP contribution in [-0.2, 0) is 18.3 Å². The van der Waals surface area contributed by atoms with Gasteiger partial charge in [0.25, 0.3) is 0 Å². The lowest BCUT2D eigenvalue weighted by Crippen LogP contribution is -2.56. The van der Waals surface area contributed by atoms with E-state index in [4.69, 9.17) is 10.00 Å². The predicted octanol–water partition coefficient (Wildman–Crippen LogP) is 2.28. The number of carbonyl (C=O) groups is 1. The van der Waals surface area contributed by atoms with Gasteiger partial charge in [0.05, 0.1) is 25.1 Å². The lowest BCUT2D eigenvalue weighted by atomic mass is 10.1. The molecule has 0 N–H and O–H groups in total. The smallest absolute Gasteiger partial charge is 0.227 e. The number of carbonyl (C=O) groups excluding carboxylic acids is 1. The fourth-order valence-corrected chi connectivity index (χ4v) is 3.24. The summed E-state index contributed by atoms with van der Waals surface area (Å²) in [5.74, 6) is 0.587. The Morgan fingerprint density at radius 3 is 2.85 bits per heavy atom.